The maximum Gasteiger partial charge on any atom is 0.0622 e. The lowest BCUT2D eigenvalue weighted by Gasteiger charge is -2.28. The van der Waals surface area contributed by atoms with Crippen LogP contribution in [0.5, 0.6) is 0 Å². The third-order valence-corrected chi connectivity index (χ3v) is 11.8. The molecular formula is C51H35N. The number of nitrogens with zero attached hydrogens (tertiary/aromatic N) is 1. The normalized spacial score (nSPS) is 13.3. The summed E-state index contributed by atoms with van der Waals surface area (Å²) in [4.78, 5) is 0. The van der Waals surface area contributed by atoms with Crippen molar-refractivity contribution in [3.8, 4) is 39.2 Å². The number of fused-ring (bicyclic) bond motifs is 15. The van der Waals surface area contributed by atoms with Gasteiger partial charge in [-0.1, -0.05) is 172 Å². The Kier molecular flexibility index (Phi) is 6.08. The summed E-state index contributed by atoms with van der Waals surface area (Å²) in [6.07, 6.45) is 0. The first-order valence-electron chi connectivity index (χ1n) is 18.3. The van der Waals surface area contributed by atoms with E-state index in [2.05, 4.69) is 194 Å². The van der Waals surface area contributed by atoms with E-state index in [1.807, 2.05) is 0 Å². The quantitative estimate of drug-likeness (QED) is 0.163. The number of hydrogen-bond acceptors (Lipinski definition) is 0. The van der Waals surface area contributed by atoms with E-state index >= 15 is 0 Å². The van der Waals surface area contributed by atoms with E-state index in [4.69, 9.17) is 0 Å². The van der Waals surface area contributed by atoms with E-state index in [1.165, 1.54) is 98.6 Å². The molecule has 0 saturated carbocycles. The van der Waals surface area contributed by atoms with Crippen molar-refractivity contribution in [2.45, 2.75) is 19.3 Å². The maximum atomic E-state index is 2.57. The molecule has 0 bridgehead atoms. The molecule has 1 aliphatic carbocycles. The fourth-order valence-electron chi connectivity index (χ4n) is 9.37. The first-order chi connectivity index (χ1) is 25.6. The van der Waals surface area contributed by atoms with Crippen LogP contribution >= 0.6 is 0 Å². The molecule has 0 saturated heterocycles. The molecule has 52 heavy (non-hydrogen) atoms. The van der Waals surface area contributed by atoms with E-state index in [1.54, 1.807) is 0 Å². The van der Waals surface area contributed by atoms with Gasteiger partial charge >= 0.3 is 0 Å². The van der Waals surface area contributed by atoms with Crippen LogP contribution in [0.15, 0.2) is 176 Å². The minimum atomic E-state index is -0.180. The van der Waals surface area contributed by atoms with Gasteiger partial charge in [-0.15, -0.1) is 0 Å². The van der Waals surface area contributed by atoms with E-state index < -0.39 is 0 Å². The predicted octanol–water partition coefficient (Wildman–Crippen LogP) is 13.9. The highest BCUT2D eigenvalue weighted by atomic mass is 15.0. The van der Waals surface area contributed by atoms with E-state index in [-0.39, 0.29) is 5.41 Å². The first-order valence-corrected chi connectivity index (χ1v) is 18.3. The standard InChI is InChI=1S/C51H35N/c1-51(2)46-24-11-9-22-42(46)48-44-29-26-32-14-3-4-17-36(32)49(44)52(50(48)43-23-10-12-25-47(43)51)35-16-13-15-33(30-35)34-27-28-41-39-20-6-5-18-37(39)38-19-7-8-21-40(38)45(41)31-34/h3-31H,1-2H3. The van der Waals surface area contributed by atoms with Gasteiger partial charge in [-0.2, -0.15) is 0 Å². The lowest BCUT2D eigenvalue weighted by atomic mass is 9.75. The summed E-state index contributed by atoms with van der Waals surface area (Å²) in [7, 11) is 0. The van der Waals surface area contributed by atoms with E-state index in [0.717, 1.165) is 5.69 Å². The molecular weight excluding hydrogens is 627 g/mol. The molecule has 244 valence electrons. The third-order valence-electron chi connectivity index (χ3n) is 11.8. The van der Waals surface area contributed by atoms with Crippen LogP contribution in [-0.4, -0.2) is 4.57 Å². The third kappa shape index (κ3) is 3.99. The molecule has 0 fully saturated rings. The highest BCUT2D eigenvalue weighted by Gasteiger charge is 2.36. The van der Waals surface area contributed by atoms with Gasteiger partial charge in [0.1, 0.15) is 0 Å². The molecule has 1 heteroatoms. The second-order valence-corrected chi connectivity index (χ2v) is 14.9. The zero-order chi connectivity index (χ0) is 34.6. The Labute approximate surface area is 303 Å². The minimum Gasteiger partial charge on any atom is -0.308 e. The van der Waals surface area contributed by atoms with Crippen LogP contribution < -0.4 is 0 Å². The van der Waals surface area contributed by atoms with Crippen molar-refractivity contribution in [2.24, 2.45) is 0 Å². The second-order valence-electron chi connectivity index (χ2n) is 14.9. The van der Waals surface area contributed by atoms with Crippen LogP contribution in [0.4, 0.5) is 0 Å². The lowest BCUT2D eigenvalue weighted by Crippen LogP contribution is -2.20. The highest BCUT2D eigenvalue weighted by molar-refractivity contribution is 6.26. The van der Waals surface area contributed by atoms with Crippen LogP contribution in [-0.2, 0) is 5.41 Å². The number of aromatic nitrogens is 1. The zero-order valence-electron chi connectivity index (χ0n) is 29.2. The molecule has 0 N–H and O–H groups in total. The highest BCUT2D eigenvalue weighted by Crippen LogP contribution is 2.53. The van der Waals surface area contributed by atoms with Crippen LogP contribution in [0.1, 0.15) is 25.0 Å². The Balaban J connectivity index is 1.24. The Morgan fingerprint density at radius 3 is 1.65 bits per heavy atom. The fraction of sp³-hybridized carbons (Fsp3) is 0.0588. The topological polar surface area (TPSA) is 4.93 Å². The van der Waals surface area contributed by atoms with Gasteiger partial charge in [-0.3, -0.25) is 0 Å². The molecule has 1 heterocycles. The van der Waals surface area contributed by atoms with Gasteiger partial charge in [0.15, 0.2) is 0 Å². The van der Waals surface area contributed by atoms with Crippen LogP contribution in [0, 0.1) is 0 Å². The van der Waals surface area contributed by atoms with Gasteiger partial charge in [0.2, 0.25) is 0 Å². The van der Waals surface area contributed by atoms with E-state index in [9.17, 15) is 0 Å². The SMILES string of the molecule is CC1(C)c2ccccc2-c2c(n(-c3cccc(-c4ccc5c6ccccc6c6ccccc6c5c4)c3)c3c2ccc2ccccc23)-c2ccccc21. The molecule has 0 aliphatic heterocycles. The second kappa shape index (κ2) is 10.8. The summed E-state index contributed by atoms with van der Waals surface area (Å²) in [5.74, 6) is 0. The smallest absolute Gasteiger partial charge is 0.0622 e. The van der Waals surface area contributed by atoms with Gasteiger partial charge in [-0.05, 0) is 83.7 Å². The average Bonchev–Trinajstić information content (AvgIpc) is 3.53. The number of benzene rings is 9. The fourth-order valence-corrected chi connectivity index (χ4v) is 9.37. The largest absolute Gasteiger partial charge is 0.308 e. The van der Waals surface area contributed by atoms with E-state index in [0.29, 0.717) is 0 Å². The molecule has 0 unspecified atom stereocenters. The van der Waals surface area contributed by atoms with Crippen LogP contribution in [0.3, 0.4) is 0 Å². The van der Waals surface area contributed by atoms with Gasteiger partial charge in [0.25, 0.3) is 0 Å². The monoisotopic (exact) mass is 661 g/mol. The summed E-state index contributed by atoms with van der Waals surface area (Å²) in [6.45, 7) is 4.76. The Bertz CT molecular complexity index is 3060. The molecule has 1 aliphatic rings. The zero-order valence-corrected chi connectivity index (χ0v) is 29.2. The molecule has 0 atom stereocenters. The van der Waals surface area contributed by atoms with Crippen molar-refractivity contribution in [1.29, 1.82) is 0 Å². The molecule has 0 spiro atoms. The summed E-state index contributed by atoms with van der Waals surface area (Å²) in [6, 6.07) is 65.5. The summed E-state index contributed by atoms with van der Waals surface area (Å²) in [5.41, 5.74) is 12.5. The summed E-state index contributed by atoms with van der Waals surface area (Å²) in [5, 5.41) is 11.6. The van der Waals surface area contributed by atoms with Gasteiger partial charge < -0.3 is 4.57 Å². The molecule has 0 radical (unpaired) electrons. The van der Waals surface area contributed by atoms with Crippen molar-refractivity contribution < 1.29 is 0 Å². The number of rotatable bonds is 2. The lowest BCUT2D eigenvalue weighted by molar-refractivity contribution is 0.646. The maximum absolute atomic E-state index is 2.57. The van der Waals surface area contributed by atoms with Crippen LogP contribution in [0.25, 0.3) is 93.2 Å². The van der Waals surface area contributed by atoms with Gasteiger partial charge in [-0.25, -0.2) is 0 Å². The molecule has 9 aromatic carbocycles. The Morgan fingerprint density at radius 1 is 0.385 bits per heavy atom. The van der Waals surface area contributed by atoms with Crippen LogP contribution in [0.2, 0.25) is 0 Å². The van der Waals surface area contributed by atoms with Crippen molar-refractivity contribution in [1.82, 2.24) is 4.57 Å². The molecule has 10 aromatic rings. The minimum absolute atomic E-state index is 0.180. The Morgan fingerprint density at radius 2 is 0.923 bits per heavy atom. The summed E-state index contributed by atoms with van der Waals surface area (Å²) >= 11 is 0. The average molecular weight is 662 g/mol. The Hall–Kier alpha value is -6.44. The molecule has 11 rings (SSSR count). The van der Waals surface area contributed by atoms with Gasteiger partial charge in [0.05, 0.1) is 11.2 Å². The number of hydrogen-bond donors (Lipinski definition) is 0. The van der Waals surface area contributed by atoms with Gasteiger partial charge in [0, 0.05) is 33.0 Å². The molecule has 0 amide bonds. The predicted molar refractivity (Wildman–Crippen MR) is 222 cm³/mol. The van der Waals surface area contributed by atoms with Crippen molar-refractivity contribution in [2.75, 3.05) is 0 Å². The van der Waals surface area contributed by atoms with Crippen molar-refractivity contribution in [3.05, 3.63) is 187 Å². The molecule has 1 aromatic heterocycles. The van der Waals surface area contributed by atoms with Crippen molar-refractivity contribution in [3.63, 3.8) is 0 Å². The first kappa shape index (κ1) is 29.3. The van der Waals surface area contributed by atoms with Crippen molar-refractivity contribution >= 4 is 54.0 Å². The summed E-state index contributed by atoms with van der Waals surface area (Å²) < 4.78 is 2.57. The molecule has 1 nitrogen and oxygen atoms in total.